The lowest BCUT2D eigenvalue weighted by Crippen LogP contribution is -2.39. The summed E-state index contributed by atoms with van der Waals surface area (Å²) < 4.78 is 1.84. The van der Waals surface area contributed by atoms with Crippen molar-refractivity contribution in [2.75, 3.05) is 5.32 Å². The summed E-state index contributed by atoms with van der Waals surface area (Å²) in [6.45, 7) is 9.54. The molecule has 1 atom stereocenters. The highest BCUT2D eigenvalue weighted by molar-refractivity contribution is 5.52. The van der Waals surface area contributed by atoms with Crippen LogP contribution < -0.4 is 5.32 Å². The molecule has 0 aliphatic rings. The van der Waals surface area contributed by atoms with Gasteiger partial charge in [0, 0.05) is 7.05 Å². The van der Waals surface area contributed by atoms with Crippen LogP contribution in [-0.4, -0.2) is 26.5 Å². The summed E-state index contributed by atoms with van der Waals surface area (Å²) >= 11 is 0. The van der Waals surface area contributed by atoms with E-state index in [1.54, 1.807) is 13.8 Å². The zero-order valence-corrected chi connectivity index (χ0v) is 10.4. The smallest absolute Gasteiger partial charge is 0.0827 e. The SMILES string of the molecule is Cc1nn(C)c(C)c1NC(C)C(C)(C)O. The first-order chi connectivity index (χ1) is 6.73. The first-order valence-electron chi connectivity index (χ1n) is 5.22. The number of nitrogens with zero attached hydrogens (tertiary/aromatic N) is 2. The van der Waals surface area contributed by atoms with Gasteiger partial charge in [-0.3, -0.25) is 4.68 Å². The molecule has 0 spiro atoms. The third kappa shape index (κ3) is 2.50. The van der Waals surface area contributed by atoms with Crippen LogP contribution in [-0.2, 0) is 7.05 Å². The van der Waals surface area contributed by atoms with Gasteiger partial charge in [-0.05, 0) is 34.6 Å². The molecule has 0 radical (unpaired) electrons. The van der Waals surface area contributed by atoms with Gasteiger partial charge in [0.2, 0.25) is 0 Å². The van der Waals surface area contributed by atoms with Crippen LogP contribution in [0.3, 0.4) is 0 Å². The summed E-state index contributed by atoms with van der Waals surface area (Å²) in [6, 6.07) is -0.0147. The minimum Gasteiger partial charge on any atom is -0.388 e. The van der Waals surface area contributed by atoms with E-state index in [1.807, 2.05) is 32.5 Å². The van der Waals surface area contributed by atoms with Crippen molar-refractivity contribution in [1.29, 1.82) is 0 Å². The van der Waals surface area contributed by atoms with Crippen molar-refractivity contribution >= 4 is 5.69 Å². The number of aryl methyl sites for hydroxylation is 2. The van der Waals surface area contributed by atoms with E-state index in [1.165, 1.54) is 0 Å². The van der Waals surface area contributed by atoms with Crippen LogP contribution in [0.1, 0.15) is 32.2 Å². The lowest BCUT2D eigenvalue weighted by atomic mass is 10.0. The number of aromatic nitrogens is 2. The molecule has 15 heavy (non-hydrogen) atoms. The number of rotatable bonds is 3. The number of hydrogen-bond acceptors (Lipinski definition) is 3. The van der Waals surface area contributed by atoms with Crippen LogP contribution in [0.2, 0.25) is 0 Å². The topological polar surface area (TPSA) is 50.1 Å². The molecule has 1 aromatic rings. The average Bonchev–Trinajstić information content (AvgIpc) is 2.30. The Morgan fingerprint density at radius 2 is 1.93 bits per heavy atom. The molecule has 0 amide bonds. The Morgan fingerprint density at radius 1 is 1.40 bits per heavy atom. The van der Waals surface area contributed by atoms with E-state index in [4.69, 9.17) is 0 Å². The van der Waals surface area contributed by atoms with Crippen molar-refractivity contribution in [2.45, 2.75) is 46.3 Å². The average molecular weight is 211 g/mol. The van der Waals surface area contributed by atoms with Crippen LogP contribution in [0, 0.1) is 13.8 Å². The summed E-state index contributed by atoms with van der Waals surface area (Å²) in [6.07, 6.45) is 0. The standard InChI is InChI=1S/C11H21N3O/c1-7-10(8(2)14(6)13-7)12-9(3)11(4,5)15/h9,12,15H,1-6H3. The first-order valence-corrected chi connectivity index (χ1v) is 5.22. The fraction of sp³-hybridized carbons (Fsp3) is 0.727. The van der Waals surface area contributed by atoms with E-state index >= 15 is 0 Å². The molecule has 1 rings (SSSR count). The van der Waals surface area contributed by atoms with Crippen LogP contribution in [0.15, 0.2) is 0 Å². The summed E-state index contributed by atoms with van der Waals surface area (Å²) in [7, 11) is 1.92. The Hall–Kier alpha value is -1.03. The second-order valence-electron chi connectivity index (χ2n) is 4.69. The van der Waals surface area contributed by atoms with Gasteiger partial charge in [0.15, 0.2) is 0 Å². The van der Waals surface area contributed by atoms with Crippen LogP contribution >= 0.6 is 0 Å². The maximum absolute atomic E-state index is 9.85. The molecule has 0 saturated heterocycles. The highest BCUT2D eigenvalue weighted by Gasteiger charge is 2.23. The van der Waals surface area contributed by atoms with E-state index in [2.05, 4.69) is 10.4 Å². The molecule has 4 heteroatoms. The van der Waals surface area contributed by atoms with Gasteiger partial charge in [0.05, 0.1) is 28.7 Å². The Morgan fingerprint density at radius 3 is 2.27 bits per heavy atom. The summed E-state index contributed by atoms with van der Waals surface area (Å²) in [5.74, 6) is 0. The molecule has 0 saturated carbocycles. The van der Waals surface area contributed by atoms with Gasteiger partial charge < -0.3 is 10.4 Å². The van der Waals surface area contributed by atoms with Crippen LogP contribution in [0.5, 0.6) is 0 Å². The van der Waals surface area contributed by atoms with Crippen molar-refractivity contribution < 1.29 is 5.11 Å². The second-order valence-corrected chi connectivity index (χ2v) is 4.69. The van der Waals surface area contributed by atoms with Crippen LogP contribution in [0.25, 0.3) is 0 Å². The molecular formula is C11H21N3O. The van der Waals surface area contributed by atoms with E-state index in [0.29, 0.717) is 0 Å². The largest absolute Gasteiger partial charge is 0.388 e. The van der Waals surface area contributed by atoms with Crippen molar-refractivity contribution in [1.82, 2.24) is 9.78 Å². The summed E-state index contributed by atoms with van der Waals surface area (Å²) in [5, 5.41) is 17.5. The molecule has 1 aromatic heterocycles. The predicted octanol–water partition coefficient (Wildman–Crippen LogP) is 1.61. The fourth-order valence-electron chi connectivity index (χ4n) is 1.38. The Balaban J connectivity index is 2.90. The minimum absolute atomic E-state index is 0.0147. The van der Waals surface area contributed by atoms with Gasteiger partial charge in [0.1, 0.15) is 0 Å². The third-order valence-electron chi connectivity index (χ3n) is 2.93. The molecule has 0 aliphatic heterocycles. The highest BCUT2D eigenvalue weighted by atomic mass is 16.3. The second kappa shape index (κ2) is 3.85. The normalized spacial score (nSPS) is 14.1. The van der Waals surface area contributed by atoms with Gasteiger partial charge in [-0.25, -0.2) is 0 Å². The highest BCUT2D eigenvalue weighted by Crippen LogP contribution is 2.22. The lowest BCUT2D eigenvalue weighted by molar-refractivity contribution is 0.0649. The molecule has 4 nitrogen and oxygen atoms in total. The maximum Gasteiger partial charge on any atom is 0.0827 e. The van der Waals surface area contributed by atoms with Gasteiger partial charge in [-0.2, -0.15) is 5.10 Å². The fourth-order valence-corrected chi connectivity index (χ4v) is 1.38. The first kappa shape index (κ1) is 12.0. The Labute approximate surface area is 91.3 Å². The molecule has 0 fully saturated rings. The predicted molar refractivity (Wildman–Crippen MR) is 62.1 cm³/mol. The third-order valence-corrected chi connectivity index (χ3v) is 2.93. The number of nitrogens with one attached hydrogen (secondary N) is 1. The van der Waals surface area contributed by atoms with Gasteiger partial charge >= 0.3 is 0 Å². The van der Waals surface area contributed by atoms with E-state index < -0.39 is 5.60 Å². The zero-order chi connectivity index (χ0) is 11.8. The summed E-state index contributed by atoms with van der Waals surface area (Å²) in [4.78, 5) is 0. The molecule has 0 aromatic carbocycles. The monoisotopic (exact) mass is 211 g/mol. The number of hydrogen-bond donors (Lipinski definition) is 2. The molecule has 0 bridgehead atoms. The lowest BCUT2D eigenvalue weighted by Gasteiger charge is -2.27. The minimum atomic E-state index is -0.741. The zero-order valence-electron chi connectivity index (χ0n) is 10.4. The molecular weight excluding hydrogens is 190 g/mol. The van der Waals surface area contributed by atoms with E-state index in [-0.39, 0.29) is 6.04 Å². The van der Waals surface area contributed by atoms with Crippen LogP contribution in [0.4, 0.5) is 5.69 Å². The number of anilines is 1. The van der Waals surface area contributed by atoms with Gasteiger partial charge in [-0.15, -0.1) is 0 Å². The maximum atomic E-state index is 9.85. The summed E-state index contributed by atoms with van der Waals surface area (Å²) in [5.41, 5.74) is 2.33. The molecule has 2 N–H and O–H groups in total. The van der Waals surface area contributed by atoms with Gasteiger partial charge in [-0.1, -0.05) is 0 Å². The van der Waals surface area contributed by atoms with E-state index in [0.717, 1.165) is 17.1 Å². The van der Waals surface area contributed by atoms with E-state index in [9.17, 15) is 5.11 Å². The molecule has 0 aliphatic carbocycles. The van der Waals surface area contributed by atoms with Gasteiger partial charge in [0.25, 0.3) is 0 Å². The quantitative estimate of drug-likeness (QED) is 0.798. The number of aliphatic hydroxyl groups is 1. The Kier molecular flexibility index (Phi) is 3.09. The molecule has 86 valence electrons. The van der Waals surface area contributed by atoms with Crippen molar-refractivity contribution in [2.24, 2.45) is 7.05 Å². The molecule has 1 heterocycles. The van der Waals surface area contributed by atoms with Crippen molar-refractivity contribution in [3.8, 4) is 0 Å². The Bertz CT molecular complexity index is 349. The van der Waals surface area contributed by atoms with Crippen molar-refractivity contribution in [3.63, 3.8) is 0 Å². The molecule has 1 unspecified atom stereocenters. The van der Waals surface area contributed by atoms with Crippen molar-refractivity contribution in [3.05, 3.63) is 11.4 Å².